The molecule has 106 valence electrons. The summed E-state index contributed by atoms with van der Waals surface area (Å²) in [5.74, 6) is 0. The minimum Gasteiger partial charge on any atom is -0.277 e. The van der Waals surface area contributed by atoms with Crippen molar-refractivity contribution in [2.24, 2.45) is 0 Å². The van der Waals surface area contributed by atoms with Gasteiger partial charge in [0.2, 0.25) is 0 Å². The summed E-state index contributed by atoms with van der Waals surface area (Å²) < 4.78 is 58.1. The van der Waals surface area contributed by atoms with Crippen LogP contribution in [-0.4, -0.2) is 26.1 Å². The summed E-state index contributed by atoms with van der Waals surface area (Å²) in [5, 5.41) is 10.3. The van der Waals surface area contributed by atoms with Gasteiger partial charge in [-0.15, -0.1) is 0 Å². The van der Waals surface area contributed by atoms with Gasteiger partial charge in [0.25, 0.3) is 15.7 Å². The molecule has 1 aromatic rings. The van der Waals surface area contributed by atoms with Gasteiger partial charge >= 0.3 is 6.18 Å². The minimum atomic E-state index is -4.68. The van der Waals surface area contributed by atoms with Crippen LogP contribution in [-0.2, 0) is 14.9 Å². The molecule has 0 spiro atoms. The van der Waals surface area contributed by atoms with Crippen LogP contribution in [0.15, 0.2) is 29.2 Å². The van der Waals surface area contributed by atoms with Gasteiger partial charge in [0.1, 0.15) is 0 Å². The SMILES string of the molecule is O=[N+]([O-])c1ccc(S(=O)(=O)NOCC(F)(F)F)cc1. The zero-order valence-electron chi connectivity index (χ0n) is 9.05. The van der Waals surface area contributed by atoms with Crippen LogP contribution in [0.3, 0.4) is 0 Å². The summed E-state index contributed by atoms with van der Waals surface area (Å²) >= 11 is 0. The number of nitrogens with zero attached hydrogens (tertiary/aromatic N) is 1. The predicted octanol–water partition coefficient (Wildman–Crippen LogP) is 1.37. The predicted molar refractivity (Wildman–Crippen MR) is 55.4 cm³/mol. The van der Waals surface area contributed by atoms with Gasteiger partial charge in [-0.05, 0) is 12.1 Å². The summed E-state index contributed by atoms with van der Waals surface area (Å²) in [6, 6.07) is 3.55. The van der Waals surface area contributed by atoms with Crippen molar-refractivity contribution < 1.29 is 31.3 Å². The van der Waals surface area contributed by atoms with Crippen molar-refractivity contribution in [3.05, 3.63) is 34.4 Å². The van der Waals surface area contributed by atoms with Crippen LogP contribution >= 0.6 is 0 Å². The number of halogens is 3. The highest BCUT2D eigenvalue weighted by atomic mass is 32.2. The van der Waals surface area contributed by atoms with E-state index in [1.807, 2.05) is 0 Å². The van der Waals surface area contributed by atoms with Gasteiger partial charge in [-0.2, -0.15) is 13.2 Å². The maximum atomic E-state index is 11.7. The second-order valence-electron chi connectivity index (χ2n) is 3.24. The Balaban J connectivity index is 2.75. The average molecular weight is 300 g/mol. The molecule has 0 radical (unpaired) electrons. The fraction of sp³-hybridized carbons (Fsp3) is 0.250. The summed E-state index contributed by atoms with van der Waals surface area (Å²) in [4.78, 5) is 14.2. The van der Waals surface area contributed by atoms with Gasteiger partial charge in [0.15, 0.2) is 6.61 Å². The quantitative estimate of drug-likeness (QED) is 0.654. The summed E-state index contributed by atoms with van der Waals surface area (Å²) in [7, 11) is -4.32. The van der Waals surface area contributed by atoms with Crippen molar-refractivity contribution in [3.8, 4) is 0 Å². The Morgan fingerprint density at radius 2 is 1.79 bits per heavy atom. The van der Waals surface area contributed by atoms with Crippen LogP contribution < -0.4 is 4.89 Å². The molecule has 0 unspecified atom stereocenters. The normalized spacial score (nSPS) is 12.4. The number of hydrogen-bond donors (Lipinski definition) is 1. The lowest BCUT2D eigenvalue weighted by Crippen LogP contribution is -2.29. The van der Waals surface area contributed by atoms with Crippen molar-refractivity contribution in [3.63, 3.8) is 0 Å². The number of nitro groups is 1. The Kier molecular flexibility index (Phi) is 4.44. The molecule has 0 saturated carbocycles. The van der Waals surface area contributed by atoms with E-state index in [0.717, 1.165) is 24.3 Å². The van der Waals surface area contributed by atoms with Crippen molar-refractivity contribution in [1.29, 1.82) is 0 Å². The second-order valence-corrected chi connectivity index (χ2v) is 4.89. The van der Waals surface area contributed by atoms with Crippen molar-refractivity contribution >= 4 is 15.7 Å². The van der Waals surface area contributed by atoms with Gasteiger partial charge in [0, 0.05) is 12.1 Å². The highest BCUT2D eigenvalue weighted by Crippen LogP contribution is 2.17. The third-order valence-corrected chi connectivity index (χ3v) is 2.99. The van der Waals surface area contributed by atoms with E-state index in [0.29, 0.717) is 0 Å². The van der Waals surface area contributed by atoms with E-state index in [1.54, 1.807) is 0 Å². The molecule has 0 fully saturated rings. The van der Waals surface area contributed by atoms with Crippen LogP contribution in [0.2, 0.25) is 0 Å². The maximum absolute atomic E-state index is 11.7. The second kappa shape index (κ2) is 5.50. The molecule has 0 aromatic heterocycles. The summed E-state index contributed by atoms with van der Waals surface area (Å²) in [5.41, 5.74) is -0.352. The summed E-state index contributed by atoms with van der Waals surface area (Å²) in [6.07, 6.45) is -4.68. The molecule has 7 nitrogen and oxygen atoms in total. The first-order valence-corrected chi connectivity index (χ1v) is 6.05. The van der Waals surface area contributed by atoms with Gasteiger partial charge < -0.3 is 0 Å². The van der Waals surface area contributed by atoms with E-state index < -0.39 is 32.6 Å². The Labute approximate surface area is 105 Å². The fourth-order valence-electron chi connectivity index (χ4n) is 0.984. The lowest BCUT2D eigenvalue weighted by Gasteiger charge is -2.08. The Morgan fingerprint density at radius 3 is 2.21 bits per heavy atom. The molecular weight excluding hydrogens is 293 g/mol. The van der Waals surface area contributed by atoms with E-state index >= 15 is 0 Å². The molecule has 0 amide bonds. The number of sulfonamides is 1. The molecular formula is C8H7F3N2O5S. The summed E-state index contributed by atoms with van der Waals surface area (Å²) in [6.45, 7) is -1.79. The molecule has 0 aliphatic heterocycles. The minimum absolute atomic E-state index is 0.352. The standard InChI is InChI=1S/C8H7F3N2O5S/c9-8(10,11)5-18-12-19(16,17)7-3-1-6(2-4-7)13(14)15/h1-4,12H,5H2. The third kappa shape index (κ3) is 4.81. The molecule has 0 bridgehead atoms. The average Bonchev–Trinajstić information content (AvgIpc) is 2.27. The van der Waals surface area contributed by atoms with Gasteiger partial charge in [0.05, 0.1) is 9.82 Å². The van der Waals surface area contributed by atoms with Crippen LogP contribution in [0.1, 0.15) is 0 Å². The van der Waals surface area contributed by atoms with Crippen molar-refractivity contribution in [1.82, 2.24) is 4.89 Å². The fourth-order valence-corrected chi connectivity index (χ4v) is 1.79. The third-order valence-electron chi connectivity index (χ3n) is 1.76. The Bertz CT molecular complexity index is 555. The van der Waals surface area contributed by atoms with E-state index in [1.165, 1.54) is 4.89 Å². The number of non-ortho nitro benzene ring substituents is 1. The number of benzene rings is 1. The van der Waals surface area contributed by atoms with Crippen LogP contribution in [0, 0.1) is 10.1 Å². The van der Waals surface area contributed by atoms with Gasteiger partial charge in [-0.1, -0.05) is 4.89 Å². The molecule has 0 atom stereocenters. The first kappa shape index (κ1) is 15.3. The van der Waals surface area contributed by atoms with Crippen LogP contribution in [0.4, 0.5) is 18.9 Å². The molecule has 1 aromatic carbocycles. The van der Waals surface area contributed by atoms with E-state index in [4.69, 9.17) is 0 Å². The Morgan fingerprint density at radius 1 is 1.26 bits per heavy atom. The van der Waals surface area contributed by atoms with Gasteiger partial charge in [-0.3, -0.25) is 15.0 Å². The monoisotopic (exact) mass is 300 g/mol. The lowest BCUT2D eigenvalue weighted by atomic mass is 10.3. The number of hydrogen-bond acceptors (Lipinski definition) is 5. The van der Waals surface area contributed by atoms with Crippen LogP contribution in [0.5, 0.6) is 0 Å². The lowest BCUT2D eigenvalue weighted by molar-refractivity contribution is -0.384. The zero-order chi connectivity index (χ0) is 14.7. The maximum Gasteiger partial charge on any atom is 0.413 e. The van der Waals surface area contributed by atoms with E-state index in [9.17, 15) is 31.7 Å². The smallest absolute Gasteiger partial charge is 0.277 e. The van der Waals surface area contributed by atoms with E-state index in [-0.39, 0.29) is 5.69 Å². The molecule has 0 heterocycles. The number of rotatable bonds is 5. The molecule has 0 saturated heterocycles. The zero-order valence-corrected chi connectivity index (χ0v) is 9.86. The molecule has 1 N–H and O–H groups in total. The largest absolute Gasteiger partial charge is 0.413 e. The molecule has 19 heavy (non-hydrogen) atoms. The molecule has 0 aliphatic carbocycles. The van der Waals surface area contributed by atoms with Gasteiger partial charge in [-0.25, -0.2) is 8.42 Å². The van der Waals surface area contributed by atoms with Crippen molar-refractivity contribution in [2.45, 2.75) is 11.1 Å². The first-order valence-electron chi connectivity index (χ1n) is 4.57. The Hall–Kier alpha value is -1.72. The molecule has 11 heteroatoms. The number of alkyl halides is 3. The number of nitrogens with one attached hydrogen (secondary N) is 1. The highest BCUT2D eigenvalue weighted by molar-refractivity contribution is 7.89. The first-order chi connectivity index (χ1) is 8.62. The number of nitro benzene ring substituents is 1. The van der Waals surface area contributed by atoms with E-state index in [2.05, 4.69) is 4.84 Å². The molecule has 1 rings (SSSR count). The van der Waals surface area contributed by atoms with Crippen molar-refractivity contribution in [2.75, 3.05) is 6.61 Å². The molecule has 0 aliphatic rings. The topological polar surface area (TPSA) is 98.5 Å². The van der Waals surface area contributed by atoms with Crippen LogP contribution in [0.25, 0.3) is 0 Å². The highest BCUT2D eigenvalue weighted by Gasteiger charge is 2.29.